The second-order valence-corrected chi connectivity index (χ2v) is 11.4. The van der Waals surface area contributed by atoms with E-state index in [1.807, 2.05) is 0 Å². The second-order valence-electron chi connectivity index (χ2n) is 11.4. The lowest BCUT2D eigenvalue weighted by Gasteiger charge is -2.35. The molecule has 0 aromatic rings. The number of nitrogens with one attached hydrogen (secondary N) is 7. The average Bonchev–Trinajstić information content (AvgIpc) is 2.91. The molecular formula is C27H48N8O5. The molecule has 13 nitrogen and oxygen atoms in total. The quantitative estimate of drug-likeness (QED) is 0.112. The molecule has 0 aromatic carbocycles. The summed E-state index contributed by atoms with van der Waals surface area (Å²) in [5.41, 5.74) is 3.93. The van der Waals surface area contributed by atoms with Crippen LogP contribution in [0.25, 0.3) is 0 Å². The van der Waals surface area contributed by atoms with Crippen molar-refractivity contribution < 1.29 is 24.0 Å². The van der Waals surface area contributed by atoms with Crippen LogP contribution in [-0.2, 0) is 24.0 Å². The van der Waals surface area contributed by atoms with Crippen molar-refractivity contribution in [2.45, 2.75) is 109 Å². The molecule has 40 heavy (non-hydrogen) atoms. The van der Waals surface area contributed by atoms with Crippen molar-refractivity contribution in [2.24, 2.45) is 17.6 Å². The Hall–Kier alpha value is -3.38. The first-order valence-electron chi connectivity index (χ1n) is 14.5. The Kier molecular flexibility index (Phi) is 12.7. The zero-order valence-corrected chi connectivity index (χ0v) is 24.3. The first kappa shape index (κ1) is 32.8. The van der Waals surface area contributed by atoms with Crippen LogP contribution in [0.2, 0.25) is 0 Å². The Morgan fingerprint density at radius 1 is 1.02 bits per heavy atom. The SMILES string of the molecule is CC[C@@H]1NC(=O)[C@H](CCCNC(=N)N)NC(=O)[C@](C)(NC(=O)C(C)C)CCNC(=O)[C@@H](C2CCCCC2)NC1=O. The largest absolute Gasteiger partial charge is 0.370 e. The Bertz CT molecular complexity index is 936. The number of carbonyl (C=O) groups is 5. The van der Waals surface area contributed by atoms with Gasteiger partial charge < -0.3 is 37.6 Å². The summed E-state index contributed by atoms with van der Waals surface area (Å²) in [7, 11) is 0. The van der Waals surface area contributed by atoms with Crippen LogP contribution in [0.3, 0.4) is 0 Å². The van der Waals surface area contributed by atoms with Crippen LogP contribution >= 0.6 is 0 Å². The third kappa shape index (κ3) is 9.67. The number of carbonyl (C=O) groups excluding carboxylic acids is 5. The van der Waals surface area contributed by atoms with Crippen LogP contribution in [0.5, 0.6) is 0 Å². The van der Waals surface area contributed by atoms with Crippen molar-refractivity contribution in [3.8, 4) is 0 Å². The van der Waals surface area contributed by atoms with Crippen LogP contribution in [0.4, 0.5) is 0 Å². The second kappa shape index (κ2) is 15.4. The molecule has 0 radical (unpaired) electrons. The fourth-order valence-corrected chi connectivity index (χ4v) is 5.05. The van der Waals surface area contributed by atoms with Crippen LogP contribution in [-0.4, -0.2) is 72.2 Å². The van der Waals surface area contributed by atoms with Gasteiger partial charge >= 0.3 is 0 Å². The Morgan fingerprint density at radius 2 is 1.68 bits per heavy atom. The van der Waals surface area contributed by atoms with Gasteiger partial charge in [-0.05, 0) is 51.4 Å². The lowest BCUT2D eigenvalue weighted by molar-refractivity contribution is -0.138. The highest BCUT2D eigenvalue weighted by molar-refractivity contribution is 5.97. The van der Waals surface area contributed by atoms with Crippen molar-refractivity contribution in [3.05, 3.63) is 0 Å². The van der Waals surface area contributed by atoms with Crippen LogP contribution in [0, 0.1) is 17.2 Å². The van der Waals surface area contributed by atoms with Gasteiger partial charge in [0.2, 0.25) is 29.5 Å². The number of hydrogen-bond donors (Lipinski definition) is 8. The Morgan fingerprint density at radius 3 is 2.27 bits per heavy atom. The van der Waals surface area contributed by atoms with Gasteiger partial charge in [0.15, 0.2) is 5.96 Å². The average molecular weight is 565 g/mol. The molecule has 226 valence electrons. The molecule has 1 saturated heterocycles. The monoisotopic (exact) mass is 564 g/mol. The molecule has 5 amide bonds. The molecule has 0 spiro atoms. The molecule has 1 aliphatic carbocycles. The van der Waals surface area contributed by atoms with E-state index in [1.165, 1.54) is 0 Å². The van der Waals surface area contributed by atoms with Crippen molar-refractivity contribution in [3.63, 3.8) is 0 Å². The van der Waals surface area contributed by atoms with Gasteiger partial charge in [0, 0.05) is 19.0 Å². The highest BCUT2D eigenvalue weighted by Gasteiger charge is 2.39. The molecule has 2 aliphatic rings. The summed E-state index contributed by atoms with van der Waals surface area (Å²) in [4.78, 5) is 66.2. The highest BCUT2D eigenvalue weighted by Crippen LogP contribution is 2.27. The van der Waals surface area contributed by atoms with Crippen molar-refractivity contribution in [1.82, 2.24) is 31.9 Å². The van der Waals surface area contributed by atoms with E-state index in [1.54, 1.807) is 27.7 Å². The van der Waals surface area contributed by atoms with Gasteiger partial charge in [0.1, 0.15) is 23.7 Å². The Balaban J connectivity index is 2.39. The van der Waals surface area contributed by atoms with Crippen molar-refractivity contribution in [2.75, 3.05) is 13.1 Å². The van der Waals surface area contributed by atoms with Gasteiger partial charge in [-0.15, -0.1) is 0 Å². The van der Waals surface area contributed by atoms with E-state index < -0.39 is 41.4 Å². The van der Waals surface area contributed by atoms with Gasteiger partial charge in [0.05, 0.1) is 0 Å². The standard InChI is InChI=1S/C27H48N8O5/c1-5-18-22(37)34-20(17-10-7-6-8-11-17)24(39)30-15-13-27(4,35-21(36)16(2)3)25(40)33-19(23(38)32-18)12-9-14-31-26(28)29/h16-20H,5-15H2,1-4H3,(H,30,39)(H,32,38)(H,33,40)(H,34,37)(H,35,36)(H4,28,29,31)/t18-,19-,20+,27+/m0/s1. The molecule has 0 unspecified atom stereocenters. The van der Waals surface area contributed by atoms with E-state index in [-0.39, 0.29) is 55.4 Å². The lowest BCUT2D eigenvalue weighted by Crippen LogP contribution is -2.64. The normalized spacial score (nSPS) is 27.5. The fraction of sp³-hybridized carbons (Fsp3) is 0.778. The van der Waals surface area contributed by atoms with Crippen molar-refractivity contribution in [1.29, 1.82) is 5.41 Å². The van der Waals surface area contributed by atoms with Crippen molar-refractivity contribution >= 4 is 35.5 Å². The number of guanidine groups is 1. The first-order chi connectivity index (χ1) is 18.9. The lowest BCUT2D eigenvalue weighted by atomic mass is 9.83. The first-order valence-corrected chi connectivity index (χ1v) is 14.5. The van der Waals surface area contributed by atoms with E-state index >= 15 is 0 Å². The zero-order valence-electron chi connectivity index (χ0n) is 24.3. The number of hydrogen-bond acceptors (Lipinski definition) is 6. The maximum atomic E-state index is 13.6. The van der Waals surface area contributed by atoms with Crippen LogP contribution in [0.1, 0.15) is 85.5 Å². The van der Waals surface area contributed by atoms with Gasteiger partial charge in [-0.25, -0.2) is 0 Å². The van der Waals surface area contributed by atoms with E-state index in [2.05, 4.69) is 31.9 Å². The van der Waals surface area contributed by atoms with Gasteiger partial charge in [0.25, 0.3) is 0 Å². The molecule has 9 N–H and O–H groups in total. The molecule has 4 atom stereocenters. The summed E-state index contributed by atoms with van der Waals surface area (Å²) in [6.45, 7) is 7.14. The molecule has 2 fully saturated rings. The maximum Gasteiger partial charge on any atom is 0.246 e. The van der Waals surface area contributed by atoms with Gasteiger partial charge in [-0.3, -0.25) is 29.4 Å². The molecule has 0 bridgehead atoms. The maximum absolute atomic E-state index is 13.6. The highest BCUT2D eigenvalue weighted by atomic mass is 16.2. The van der Waals surface area contributed by atoms with Crippen LogP contribution in [0.15, 0.2) is 0 Å². The minimum atomic E-state index is -1.41. The van der Waals surface area contributed by atoms with E-state index in [9.17, 15) is 24.0 Å². The Labute approximate surface area is 236 Å². The summed E-state index contributed by atoms with van der Waals surface area (Å²) < 4.78 is 0. The van der Waals surface area contributed by atoms with E-state index in [4.69, 9.17) is 11.1 Å². The minimum Gasteiger partial charge on any atom is -0.370 e. The van der Waals surface area contributed by atoms with Crippen LogP contribution < -0.4 is 37.6 Å². The third-order valence-corrected chi connectivity index (χ3v) is 7.70. The number of nitrogens with two attached hydrogens (primary N) is 1. The number of amides is 5. The minimum absolute atomic E-state index is 0.0318. The smallest absolute Gasteiger partial charge is 0.246 e. The predicted molar refractivity (Wildman–Crippen MR) is 151 cm³/mol. The summed E-state index contributed by atoms with van der Waals surface area (Å²) in [5.74, 6) is -2.88. The fourth-order valence-electron chi connectivity index (χ4n) is 5.05. The molecule has 0 aromatic heterocycles. The summed E-state index contributed by atoms with van der Waals surface area (Å²) in [6, 6.07) is -2.68. The molecule has 1 aliphatic heterocycles. The number of rotatable bonds is 8. The zero-order chi connectivity index (χ0) is 29.9. The predicted octanol–water partition coefficient (Wildman–Crippen LogP) is -0.255. The molecular weight excluding hydrogens is 516 g/mol. The summed E-state index contributed by atoms with van der Waals surface area (Å²) in [5, 5.41) is 24.1. The third-order valence-electron chi connectivity index (χ3n) is 7.70. The summed E-state index contributed by atoms with van der Waals surface area (Å²) >= 11 is 0. The van der Waals surface area contributed by atoms with E-state index in [0.29, 0.717) is 13.0 Å². The molecule has 2 rings (SSSR count). The summed E-state index contributed by atoms with van der Waals surface area (Å²) in [6.07, 6.45) is 5.60. The van der Waals surface area contributed by atoms with Gasteiger partial charge in [-0.2, -0.15) is 0 Å². The molecule has 1 saturated carbocycles. The molecule has 1 heterocycles. The van der Waals surface area contributed by atoms with E-state index in [0.717, 1.165) is 32.1 Å². The molecule has 13 heteroatoms. The van der Waals surface area contributed by atoms with Gasteiger partial charge in [-0.1, -0.05) is 40.0 Å². The topological polar surface area (TPSA) is 207 Å².